The summed E-state index contributed by atoms with van der Waals surface area (Å²) in [7, 11) is 3.63. The van der Waals surface area contributed by atoms with E-state index in [-0.39, 0.29) is 25.9 Å². The number of aliphatic hydroxyl groups excluding tert-OH is 1. The van der Waals surface area contributed by atoms with E-state index in [9.17, 15) is 9.90 Å². The van der Waals surface area contributed by atoms with Crippen molar-refractivity contribution in [3.8, 4) is 11.3 Å². The molecule has 0 bridgehead atoms. The molecule has 1 aliphatic rings. The third-order valence-corrected chi connectivity index (χ3v) is 5.78. The van der Waals surface area contributed by atoms with Gasteiger partial charge in [0.15, 0.2) is 0 Å². The van der Waals surface area contributed by atoms with Gasteiger partial charge in [-0.3, -0.25) is 14.8 Å². The van der Waals surface area contributed by atoms with E-state index < -0.39 is 5.41 Å². The maximum absolute atomic E-state index is 11.6. The molecule has 0 aromatic carbocycles. The summed E-state index contributed by atoms with van der Waals surface area (Å²) in [6.45, 7) is 3.07. The summed E-state index contributed by atoms with van der Waals surface area (Å²) in [6.07, 6.45) is 4.87. The summed E-state index contributed by atoms with van der Waals surface area (Å²) in [6, 6.07) is 6.00. The molecule has 8 heteroatoms. The molecule has 0 radical (unpaired) electrons. The molecule has 1 atom stereocenters. The zero-order valence-corrected chi connectivity index (χ0v) is 19.1. The number of carbonyl (C=O) groups excluding carboxylic acids is 1. The third kappa shape index (κ3) is 4.52. The van der Waals surface area contributed by atoms with Crippen LogP contribution in [0.1, 0.15) is 30.3 Å². The molecule has 3 aromatic heterocycles. The van der Waals surface area contributed by atoms with Crippen LogP contribution in [0.3, 0.4) is 0 Å². The Hall–Kier alpha value is -2.26. The summed E-state index contributed by atoms with van der Waals surface area (Å²) < 4.78 is 13.0. The first-order chi connectivity index (χ1) is 14.5. The van der Waals surface area contributed by atoms with E-state index in [0.29, 0.717) is 26.2 Å². The highest BCUT2D eigenvalue weighted by atomic mass is 32.1. The topological polar surface area (TPSA) is 86.5 Å². The van der Waals surface area contributed by atoms with E-state index in [2.05, 4.69) is 4.98 Å². The highest BCUT2D eigenvalue weighted by molar-refractivity contribution is 7.59. The SMILES string of the molecule is COCc1cc(-c2cn(C)c3cnc(CC(C)=O)cc23)nc([C@]2(CO)CCOC2)c1.S. The van der Waals surface area contributed by atoms with Crippen LogP contribution in [0, 0.1) is 0 Å². The molecule has 1 aliphatic heterocycles. The number of ether oxygens (including phenoxy) is 2. The average Bonchev–Trinajstić information content (AvgIpc) is 3.33. The zero-order valence-electron chi connectivity index (χ0n) is 18.1. The molecular formula is C23H29N3O4S. The summed E-state index contributed by atoms with van der Waals surface area (Å²) in [4.78, 5) is 21.0. The summed E-state index contributed by atoms with van der Waals surface area (Å²) >= 11 is 0. The Morgan fingerprint density at radius 3 is 2.81 bits per heavy atom. The number of aromatic nitrogens is 3. The lowest BCUT2D eigenvalue weighted by Crippen LogP contribution is -2.32. The predicted octanol–water partition coefficient (Wildman–Crippen LogP) is 2.68. The molecule has 4 heterocycles. The van der Waals surface area contributed by atoms with Gasteiger partial charge in [-0.15, -0.1) is 0 Å². The first kappa shape index (κ1) is 23.4. The number of Topliss-reactive ketones (excluding diaryl/α,β-unsaturated/α-hetero) is 1. The highest BCUT2D eigenvalue weighted by Gasteiger charge is 2.38. The van der Waals surface area contributed by atoms with Gasteiger partial charge in [-0.05, 0) is 37.1 Å². The van der Waals surface area contributed by atoms with Crippen LogP contribution in [0.5, 0.6) is 0 Å². The van der Waals surface area contributed by atoms with Crippen molar-refractivity contribution < 1.29 is 19.4 Å². The Kier molecular flexibility index (Phi) is 7.16. The summed E-state index contributed by atoms with van der Waals surface area (Å²) in [5, 5.41) is 11.2. The Balaban J connectivity index is 0.00000272. The second-order valence-electron chi connectivity index (χ2n) is 8.15. The number of fused-ring (bicyclic) bond motifs is 1. The fraction of sp³-hybridized carbons (Fsp3) is 0.435. The Labute approximate surface area is 188 Å². The van der Waals surface area contributed by atoms with Gasteiger partial charge in [0.25, 0.3) is 0 Å². The number of hydrogen-bond acceptors (Lipinski definition) is 6. The second-order valence-corrected chi connectivity index (χ2v) is 8.15. The van der Waals surface area contributed by atoms with Gasteiger partial charge in [0.1, 0.15) is 5.78 Å². The van der Waals surface area contributed by atoms with Crippen LogP contribution in [-0.4, -0.2) is 52.4 Å². The van der Waals surface area contributed by atoms with Crippen LogP contribution in [0.2, 0.25) is 0 Å². The summed E-state index contributed by atoms with van der Waals surface area (Å²) in [5.74, 6) is 0.0768. The Bertz CT molecular complexity index is 1090. The zero-order chi connectivity index (χ0) is 21.3. The van der Waals surface area contributed by atoms with Crippen LogP contribution in [-0.2, 0) is 39.8 Å². The number of hydrogen-bond donors (Lipinski definition) is 1. The Morgan fingerprint density at radius 2 is 2.16 bits per heavy atom. The molecule has 4 rings (SSSR count). The molecule has 1 fully saturated rings. The number of aryl methyl sites for hydroxylation is 1. The largest absolute Gasteiger partial charge is 0.395 e. The number of nitrogens with zero attached hydrogens (tertiary/aromatic N) is 3. The smallest absolute Gasteiger partial charge is 0.135 e. The number of ketones is 1. The number of rotatable bonds is 7. The van der Waals surface area contributed by atoms with Gasteiger partial charge in [0, 0.05) is 50.0 Å². The van der Waals surface area contributed by atoms with Crippen LogP contribution in [0.25, 0.3) is 22.2 Å². The van der Waals surface area contributed by atoms with Gasteiger partial charge >= 0.3 is 0 Å². The van der Waals surface area contributed by atoms with Gasteiger partial charge in [-0.2, -0.15) is 13.5 Å². The highest BCUT2D eigenvalue weighted by Crippen LogP contribution is 2.36. The third-order valence-electron chi connectivity index (χ3n) is 5.78. The van der Waals surface area contributed by atoms with Gasteiger partial charge in [0.2, 0.25) is 0 Å². The molecule has 3 aromatic rings. The normalized spacial score (nSPS) is 18.3. The maximum atomic E-state index is 11.6. The van der Waals surface area contributed by atoms with E-state index in [1.165, 1.54) is 0 Å². The summed E-state index contributed by atoms with van der Waals surface area (Å²) in [5.41, 5.74) is 4.81. The van der Waals surface area contributed by atoms with Crippen molar-refractivity contribution in [2.45, 2.75) is 31.8 Å². The second kappa shape index (κ2) is 9.48. The van der Waals surface area contributed by atoms with Crippen LogP contribution in [0.15, 0.2) is 30.6 Å². The molecule has 0 aliphatic carbocycles. The molecule has 1 saturated heterocycles. The molecule has 0 unspecified atom stereocenters. The van der Waals surface area contributed by atoms with Gasteiger partial charge in [0.05, 0.1) is 48.3 Å². The fourth-order valence-electron chi connectivity index (χ4n) is 4.14. The number of carbonyl (C=O) groups is 1. The first-order valence-corrected chi connectivity index (χ1v) is 10.1. The molecule has 31 heavy (non-hydrogen) atoms. The molecular weight excluding hydrogens is 414 g/mol. The Morgan fingerprint density at radius 1 is 1.35 bits per heavy atom. The molecule has 0 spiro atoms. The van der Waals surface area contributed by atoms with E-state index in [1.807, 2.05) is 36.0 Å². The van der Waals surface area contributed by atoms with Crippen molar-refractivity contribution >= 4 is 30.2 Å². The lowest BCUT2D eigenvalue weighted by molar-refractivity contribution is -0.116. The minimum Gasteiger partial charge on any atom is -0.395 e. The molecule has 0 amide bonds. The van der Waals surface area contributed by atoms with Gasteiger partial charge in [-0.1, -0.05) is 0 Å². The van der Waals surface area contributed by atoms with Crippen molar-refractivity contribution in [1.29, 1.82) is 0 Å². The first-order valence-electron chi connectivity index (χ1n) is 10.1. The van der Waals surface area contributed by atoms with Crippen LogP contribution < -0.4 is 0 Å². The van der Waals surface area contributed by atoms with Crippen LogP contribution in [0.4, 0.5) is 0 Å². The van der Waals surface area contributed by atoms with Gasteiger partial charge in [-0.25, -0.2) is 0 Å². The fourth-order valence-corrected chi connectivity index (χ4v) is 4.14. The van der Waals surface area contributed by atoms with E-state index in [4.69, 9.17) is 14.5 Å². The maximum Gasteiger partial charge on any atom is 0.135 e. The molecule has 1 N–H and O–H groups in total. The minimum absolute atomic E-state index is 0. The van der Waals surface area contributed by atoms with Gasteiger partial charge < -0.3 is 19.1 Å². The van der Waals surface area contributed by atoms with Crippen molar-refractivity contribution in [2.24, 2.45) is 7.05 Å². The van der Waals surface area contributed by atoms with E-state index in [1.54, 1.807) is 20.2 Å². The van der Waals surface area contributed by atoms with Crippen molar-refractivity contribution in [2.75, 3.05) is 26.9 Å². The molecule has 0 saturated carbocycles. The van der Waals surface area contributed by atoms with E-state index in [0.717, 1.165) is 45.5 Å². The molecule has 7 nitrogen and oxygen atoms in total. The number of pyridine rings is 2. The van der Waals surface area contributed by atoms with Crippen molar-refractivity contribution in [3.05, 3.63) is 47.5 Å². The van der Waals surface area contributed by atoms with Crippen molar-refractivity contribution in [1.82, 2.24) is 14.5 Å². The van der Waals surface area contributed by atoms with Crippen LogP contribution >= 0.6 is 13.5 Å². The number of methoxy groups -OCH3 is 1. The lowest BCUT2D eigenvalue weighted by Gasteiger charge is -2.25. The average molecular weight is 444 g/mol. The minimum atomic E-state index is -0.496. The predicted molar refractivity (Wildman–Crippen MR) is 124 cm³/mol. The number of aliphatic hydroxyl groups is 1. The monoisotopic (exact) mass is 443 g/mol. The lowest BCUT2D eigenvalue weighted by atomic mass is 9.83. The van der Waals surface area contributed by atoms with E-state index >= 15 is 0 Å². The quantitative estimate of drug-likeness (QED) is 0.604. The standard InChI is InChI=1S/C23H27N3O4.H2S/c1-15(28)6-17-9-18-19(11-26(2)21(18)10-24-17)20-7-16(12-29-3)8-22(25-20)23(13-27)4-5-30-14-23;/h7-11,27H,4-6,12-14H2,1-3H3;1H2/t23-;/m0./s1. The van der Waals surface area contributed by atoms with Crippen molar-refractivity contribution in [3.63, 3.8) is 0 Å². The molecule has 166 valence electrons.